The molecule has 0 atom stereocenters. The van der Waals surface area contributed by atoms with Crippen LogP contribution in [0.4, 0.5) is 5.13 Å². The van der Waals surface area contributed by atoms with Gasteiger partial charge in [-0.1, -0.05) is 25.2 Å². The first-order valence-corrected chi connectivity index (χ1v) is 7.98. The molecule has 1 saturated heterocycles. The van der Waals surface area contributed by atoms with Crippen molar-refractivity contribution in [3.8, 4) is 0 Å². The summed E-state index contributed by atoms with van der Waals surface area (Å²) in [6, 6.07) is 0. The SMILES string of the molecule is CC(C)c1nc(N(C)CCN2CCCC2)sc1C(=O)O. The standard InChI is InChI=1S/C14H23N3O2S/c1-10(2)11-12(13(18)19)20-14(15-11)16(3)8-9-17-6-4-5-7-17/h10H,4-9H2,1-3H3,(H,18,19). The van der Waals surface area contributed by atoms with Gasteiger partial charge in [0.2, 0.25) is 0 Å². The van der Waals surface area contributed by atoms with Gasteiger partial charge in [-0.2, -0.15) is 0 Å². The Morgan fingerprint density at radius 1 is 1.45 bits per heavy atom. The fourth-order valence-electron chi connectivity index (χ4n) is 2.42. The first kappa shape index (κ1) is 15.3. The van der Waals surface area contributed by atoms with Crippen molar-refractivity contribution in [3.05, 3.63) is 10.6 Å². The molecular formula is C14H23N3O2S. The average molecular weight is 297 g/mol. The van der Waals surface area contributed by atoms with Crippen molar-refractivity contribution < 1.29 is 9.90 Å². The molecule has 1 aliphatic rings. The fraction of sp³-hybridized carbons (Fsp3) is 0.714. The highest BCUT2D eigenvalue weighted by molar-refractivity contribution is 7.17. The van der Waals surface area contributed by atoms with Crippen LogP contribution in [0.5, 0.6) is 0 Å². The molecular weight excluding hydrogens is 274 g/mol. The number of hydrogen-bond acceptors (Lipinski definition) is 5. The Morgan fingerprint density at radius 3 is 2.60 bits per heavy atom. The molecule has 0 radical (unpaired) electrons. The summed E-state index contributed by atoms with van der Waals surface area (Å²) in [5.41, 5.74) is 0.700. The lowest BCUT2D eigenvalue weighted by Gasteiger charge is -2.20. The Bertz CT molecular complexity index is 467. The Morgan fingerprint density at radius 2 is 2.10 bits per heavy atom. The van der Waals surface area contributed by atoms with Gasteiger partial charge >= 0.3 is 5.97 Å². The Kier molecular flexibility index (Phi) is 4.99. The number of hydrogen-bond donors (Lipinski definition) is 1. The maximum absolute atomic E-state index is 11.3. The molecule has 6 heteroatoms. The zero-order chi connectivity index (χ0) is 14.7. The second-order valence-corrected chi connectivity index (χ2v) is 6.62. The highest BCUT2D eigenvalue weighted by atomic mass is 32.1. The van der Waals surface area contributed by atoms with E-state index in [9.17, 15) is 9.90 Å². The number of rotatable bonds is 6. The minimum Gasteiger partial charge on any atom is -0.477 e. The van der Waals surface area contributed by atoms with Crippen LogP contribution in [-0.4, -0.2) is 54.2 Å². The molecule has 0 saturated carbocycles. The van der Waals surface area contributed by atoms with E-state index in [0.717, 1.165) is 18.2 Å². The molecule has 0 amide bonds. The summed E-state index contributed by atoms with van der Waals surface area (Å²) < 4.78 is 0. The zero-order valence-corrected chi connectivity index (χ0v) is 13.2. The highest BCUT2D eigenvalue weighted by Gasteiger charge is 2.21. The maximum atomic E-state index is 11.3. The van der Waals surface area contributed by atoms with Crippen molar-refractivity contribution in [3.63, 3.8) is 0 Å². The van der Waals surface area contributed by atoms with Crippen LogP contribution in [0.15, 0.2) is 0 Å². The molecule has 2 heterocycles. The van der Waals surface area contributed by atoms with Gasteiger partial charge < -0.3 is 14.9 Å². The van der Waals surface area contributed by atoms with E-state index >= 15 is 0 Å². The van der Waals surface area contributed by atoms with Gasteiger partial charge in [-0.3, -0.25) is 0 Å². The summed E-state index contributed by atoms with van der Waals surface area (Å²) in [5.74, 6) is -0.733. The van der Waals surface area contributed by atoms with Crippen molar-refractivity contribution >= 4 is 22.4 Å². The van der Waals surface area contributed by atoms with Gasteiger partial charge in [0.15, 0.2) is 5.13 Å². The molecule has 0 unspecified atom stereocenters. The topological polar surface area (TPSA) is 56.7 Å². The summed E-state index contributed by atoms with van der Waals surface area (Å²) >= 11 is 1.28. The average Bonchev–Trinajstić information content (AvgIpc) is 3.04. The first-order chi connectivity index (χ1) is 9.49. The quantitative estimate of drug-likeness (QED) is 0.874. The minimum absolute atomic E-state index is 0.137. The number of aromatic nitrogens is 1. The summed E-state index contributed by atoms with van der Waals surface area (Å²) in [4.78, 5) is 20.7. The molecule has 0 bridgehead atoms. The number of carboxylic acids is 1. The van der Waals surface area contributed by atoms with E-state index in [-0.39, 0.29) is 5.92 Å². The number of anilines is 1. The maximum Gasteiger partial charge on any atom is 0.347 e. The molecule has 1 fully saturated rings. The van der Waals surface area contributed by atoms with Crippen molar-refractivity contribution in [2.24, 2.45) is 0 Å². The smallest absolute Gasteiger partial charge is 0.347 e. The predicted molar refractivity (Wildman–Crippen MR) is 82.1 cm³/mol. The number of carbonyl (C=O) groups is 1. The summed E-state index contributed by atoms with van der Waals surface area (Å²) in [7, 11) is 1.99. The third kappa shape index (κ3) is 3.49. The molecule has 20 heavy (non-hydrogen) atoms. The summed E-state index contributed by atoms with van der Waals surface area (Å²) in [5, 5.41) is 10.1. The molecule has 1 aliphatic heterocycles. The summed E-state index contributed by atoms with van der Waals surface area (Å²) in [6.07, 6.45) is 2.59. The molecule has 1 N–H and O–H groups in total. The fourth-order valence-corrected chi connectivity index (χ4v) is 3.47. The highest BCUT2D eigenvalue weighted by Crippen LogP contribution is 2.30. The number of likely N-dealkylation sites (tertiary alicyclic amines) is 1. The lowest BCUT2D eigenvalue weighted by atomic mass is 10.1. The second kappa shape index (κ2) is 6.54. The lowest BCUT2D eigenvalue weighted by molar-refractivity contribution is 0.0700. The van der Waals surface area contributed by atoms with Crippen LogP contribution in [0.25, 0.3) is 0 Å². The van der Waals surface area contributed by atoms with E-state index < -0.39 is 5.97 Å². The molecule has 0 aromatic carbocycles. The number of likely N-dealkylation sites (N-methyl/N-ethyl adjacent to an activating group) is 1. The number of aromatic carboxylic acids is 1. The van der Waals surface area contributed by atoms with Gasteiger partial charge in [-0.15, -0.1) is 0 Å². The van der Waals surface area contributed by atoms with Gasteiger partial charge in [0.25, 0.3) is 0 Å². The monoisotopic (exact) mass is 297 g/mol. The molecule has 112 valence electrons. The van der Waals surface area contributed by atoms with E-state index in [4.69, 9.17) is 0 Å². The van der Waals surface area contributed by atoms with E-state index in [1.54, 1.807) is 0 Å². The Labute approximate surface area is 124 Å². The van der Waals surface area contributed by atoms with Crippen LogP contribution < -0.4 is 4.90 Å². The van der Waals surface area contributed by atoms with Gasteiger partial charge in [0.1, 0.15) is 4.88 Å². The van der Waals surface area contributed by atoms with E-state index in [0.29, 0.717) is 10.6 Å². The second-order valence-electron chi connectivity index (χ2n) is 5.64. The van der Waals surface area contributed by atoms with E-state index in [1.165, 1.54) is 37.3 Å². The third-order valence-electron chi connectivity index (χ3n) is 3.66. The first-order valence-electron chi connectivity index (χ1n) is 7.16. The van der Waals surface area contributed by atoms with Gasteiger partial charge in [-0.25, -0.2) is 9.78 Å². The van der Waals surface area contributed by atoms with Crippen LogP contribution >= 0.6 is 11.3 Å². The Balaban J connectivity index is 2.03. The zero-order valence-electron chi connectivity index (χ0n) is 12.4. The molecule has 0 spiro atoms. The molecule has 5 nitrogen and oxygen atoms in total. The van der Waals surface area contributed by atoms with Gasteiger partial charge in [0, 0.05) is 20.1 Å². The van der Waals surface area contributed by atoms with Crippen LogP contribution in [0.2, 0.25) is 0 Å². The molecule has 0 aliphatic carbocycles. The van der Waals surface area contributed by atoms with Crippen LogP contribution in [0.1, 0.15) is 48.0 Å². The number of thiazole rings is 1. The Hall–Kier alpha value is -1.14. The minimum atomic E-state index is -0.870. The predicted octanol–water partition coefficient (Wildman–Crippen LogP) is 2.50. The van der Waals surface area contributed by atoms with E-state index in [2.05, 4.69) is 14.8 Å². The van der Waals surface area contributed by atoms with E-state index in [1.807, 2.05) is 20.9 Å². The summed E-state index contributed by atoms with van der Waals surface area (Å²) in [6.45, 7) is 8.25. The van der Waals surface area contributed by atoms with Crippen molar-refractivity contribution in [1.82, 2.24) is 9.88 Å². The largest absolute Gasteiger partial charge is 0.477 e. The van der Waals surface area contributed by atoms with Crippen molar-refractivity contribution in [2.45, 2.75) is 32.6 Å². The number of carboxylic acid groups (broad SMARTS) is 1. The third-order valence-corrected chi connectivity index (χ3v) is 4.83. The number of nitrogens with zero attached hydrogens (tertiary/aromatic N) is 3. The normalized spacial score (nSPS) is 16.0. The van der Waals surface area contributed by atoms with Crippen LogP contribution in [0, 0.1) is 0 Å². The van der Waals surface area contributed by atoms with Crippen LogP contribution in [-0.2, 0) is 0 Å². The van der Waals surface area contributed by atoms with Gasteiger partial charge in [-0.05, 0) is 31.8 Å². The van der Waals surface area contributed by atoms with Crippen molar-refractivity contribution in [2.75, 3.05) is 38.1 Å². The lowest BCUT2D eigenvalue weighted by Crippen LogP contribution is -2.31. The van der Waals surface area contributed by atoms with Gasteiger partial charge in [0.05, 0.1) is 5.69 Å². The molecule has 1 aromatic rings. The van der Waals surface area contributed by atoms with Crippen molar-refractivity contribution in [1.29, 1.82) is 0 Å². The molecule has 2 rings (SSSR count). The van der Waals surface area contributed by atoms with Crippen LogP contribution in [0.3, 0.4) is 0 Å². The molecule has 1 aromatic heterocycles.